The average Bonchev–Trinajstić information content (AvgIpc) is 2.66. The smallest absolute Gasteiger partial charge is 0.257 e. The summed E-state index contributed by atoms with van der Waals surface area (Å²) in [6.07, 6.45) is 3.16. The summed E-state index contributed by atoms with van der Waals surface area (Å²) in [6.45, 7) is 1.86. The maximum absolute atomic E-state index is 12.6. The molecule has 3 aromatic rings. The molecule has 0 bridgehead atoms. The van der Waals surface area contributed by atoms with Crippen LogP contribution in [0.4, 0.5) is 17.1 Å². The lowest BCUT2D eigenvalue weighted by molar-refractivity contribution is 0.102. The topological polar surface area (TPSA) is 63.2 Å². The molecule has 0 spiro atoms. The fourth-order valence-corrected chi connectivity index (χ4v) is 2.65. The Labute approximate surface area is 157 Å². The monoisotopic (exact) mass is 367 g/mol. The van der Waals surface area contributed by atoms with Crippen LogP contribution >= 0.6 is 11.6 Å². The second-order valence-corrected chi connectivity index (χ2v) is 6.06. The molecule has 1 aromatic heterocycles. The Morgan fingerprint density at radius 3 is 2.65 bits per heavy atom. The molecule has 0 unspecified atom stereocenters. The van der Waals surface area contributed by atoms with Crippen LogP contribution in [0.15, 0.2) is 60.9 Å². The number of nitrogens with zero attached hydrogens (tertiary/aromatic N) is 1. The highest BCUT2D eigenvalue weighted by Gasteiger charge is 2.11. The highest BCUT2D eigenvalue weighted by Crippen LogP contribution is 2.27. The number of hydrogen-bond acceptors (Lipinski definition) is 4. The summed E-state index contributed by atoms with van der Waals surface area (Å²) < 4.78 is 5.32. The van der Waals surface area contributed by atoms with Gasteiger partial charge < -0.3 is 15.4 Å². The first-order chi connectivity index (χ1) is 12.6. The van der Waals surface area contributed by atoms with Gasteiger partial charge in [0.2, 0.25) is 0 Å². The van der Waals surface area contributed by atoms with Crippen LogP contribution in [-0.4, -0.2) is 18.0 Å². The van der Waals surface area contributed by atoms with Crippen molar-refractivity contribution in [1.29, 1.82) is 0 Å². The van der Waals surface area contributed by atoms with Crippen LogP contribution in [0.3, 0.4) is 0 Å². The molecule has 0 aliphatic carbocycles. The van der Waals surface area contributed by atoms with Crippen molar-refractivity contribution in [3.05, 3.63) is 77.1 Å². The Kier molecular flexibility index (Phi) is 5.39. The lowest BCUT2D eigenvalue weighted by Gasteiger charge is -2.12. The summed E-state index contributed by atoms with van der Waals surface area (Å²) in [7, 11) is 1.61. The third-order valence-electron chi connectivity index (χ3n) is 3.90. The number of halogens is 1. The van der Waals surface area contributed by atoms with Gasteiger partial charge in [0.05, 0.1) is 30.2 Å². The Morgan fingerprint density at radius 1 is 1.08 bits per heavy atom. The summed E-state index contributed by atoms with van der Waals surface area (Å²) in [5, 5.41) is 6.68. The number of methoxy groups -OCH3 is 1. The van der Waals surface area contributed by atoms with Crippen molar-refractivity contribution in [1.82, 2.24) is 4.98 Å². The minimum Gasteiger partial charge on any atom is -0.495 e. The maximum atomic E-state index is 12.6. The van der Waals surface area contributed by atoms with E-state index >= 15 is 0 Å². The molecule has 6 heteroatoms. The van der Waals surface area contributed by atoms with Crippen molar-refractivity contribution >= 4 is 34.6 Å². The fourth-order valence-electron chi connectivity index (χ4n) is 2.47. The molecule has 0 aliphatic heterocycles. The largest absolute Gasteiger partial charge is 0.495 e. The average molecular weight is 368 g/mol. The van der Waals surface area contributed by atoms with Gasteiger partial charge in [-0.25, -0.2) is 0 Å². The zero-order chi connectivity index (χ0) is 18.5. The number of rotatable bonds is 5. The van der Waals surface area contributed by atoms with Gasteiger partial charge in [0, 0.05) is 16.9 Å². The predicted molar refractivity (Wildman–Crippen MR) is 105 cm³/mol. The van der Waals surface area contributed by atoms with Gasteiger partial charge in [-0.15, -0.1) is 0 Å². The van der Waals surface area contributed by atoms with E-state index < -0.39 is 0 Å². The predicted octanol–water partition coefficient (Wildman–Crippen LogP) is 5.05. The highest BCUT2D eigenvalue weighted by molar-refractivity contribution is 6.31. The van der Waals surface area contributed by atoms with Crippen molar-refractivity contribution in [2.45, 2.75) is 6.92 Å². The highest BCUT2D eigenvalue weighted by atomic mass is 35.5. The zero-order valence-electron chi connectivity index (χ0n) is 14.4. The van der Waals surface area contributed by atoms with Gasteiger partial charge in [0.1, 0.15) is 5.75 Å². The standard InChI is InChI=1S/C20H18ClN3O2/c1-13-16(21)6-5-8-17(13)24-20(25)14-10-15(12-22-11-14)23-18-7-3-4-9-19(18)26-2/h3-12,23H,1-2H3,(H,24,25). The molecule has 0 saturated carbocycles. The first kappa shape index (κ1) is 17.8. The number of pyridine rings is 1. The number of hydrogen-bond donors (Lipinski definition) is 2. The zero-order valence-corrected chi connectivity index (χ0v) is 15.2. The molecule has 5 nitrogen and oxygen atoms in total. The van der Waals surface area contributed by atoms with E-state index in [4.69, 9.17) is 16.3 Å². The number of amides is 1. The van der Waals surface area contributed by atoms with Crippen LogP contribution in [0.1, 0.15) is 15.9 Å². The third kappa shape index (κ3) is 3.95. The number of nitrogens with one attached hydrogen (secondary N) is 2. The molecule has 1 heterocycles. The molecule has 1 amide bonds. The summed E-state index contributed by atoms with van der Waals surface area (Å²) >= 11 is 6.10. The number of anilines is 3. The minimum atomic E-state index is -0.258. The minimum absolute atomic E-state index is 0.258. The normalized spacial score (nSPS) is 10.3. The van der Waals surface area contributed by atoms with Crippen molar-refractivity contribution < 1.29 is 9.53 Å². The van der Waals surface area contributed by atoms with Crippen molar-refractivity contribution in [3.8, 4) is 5.75 Å². The molecule has 0 saturated heterocycles. The summed E-state index contributed by atoms with van der Waals surface area (Å²) in [4.78, 5) is 16.7. The first-order valence-electron chi connectivity index (χ1n) is 8.00. The molecule has 2 aromatic carbocycles. The van der Waals surface area contributed by atoms with E-state index in [2.05, 4.69) is 15.6 Å². The Hall–Kier alpha value is -3.05. The molecule has 0 fully saturated rings. The van der Waals surface area contributed by atoms with E-state index in [1.165, 1.54) is 6.20 Å². The van der Waals surface area contributed by atoms with Gasteiger partial charge in [-0.1, -0.05) is 29.8 Å². The Bertz CT molecular complexity index is 944. The second kappa shape index (κ2) is 7.89. The maximum Gasteiger partial charge on any atom is 0.257 e. The first-order valence-corrected chi connectivity index (χ1v) is 8.38. The summed E-state index contributed by atoms with van der Waals surface area (Å²) in [5.74, 6) is 0.448. The van der Waals surface area contributed by atoms with Crippen molar-refractivity contribution in [2.75, 3.05) is 17.7 Å². The SMILES string of the molecule is COc1ccccc1Nc1cncc(C(=O)Nc2cccc(Cl)c2C)c1. The molecule has 0 radical (unpaired) electrons. The third-order valence-corrected chi connectivity index (χ3v) is 4.31. The van der Waals surface area contributed by atoms with Crippen LogP contribution in [0.25, 0.3) is 0 Å². The molecule has 2 N–H and O–H groups in total. The second-order valence-electron chi connectivity index (χ2n) is 5.65. The van der Waals surface area contributed by atoms with E-state index in [1.807, 2.05) is 37.3 Å². The summed E-state index contributed by atoms with van der Waals surface area (Å²) in [6, 6.07) is 14.7. The van der Waals surface area contributed by atoms with Gasteiger partial charge in [0.25, 0.3) is 5.91 Å². The van der Waals surface area contributed by atoms with E-state index in [0.717, 1.165) is 11.3 Å². The number of carbonyl (C=O) groups excluding carboxylic acids is 1. The quantitative estimate of drug-likeness (QED) is 0.662. The molecule has 3 rings (SSSR count). The summed E-state index contributed by atoms with van der Waals surface area (Å²) in [5.41, 5.74) is 3.40. The lowest BCUT2D eigenvalue weighted by atomic mass is 10.2. The van der Waals surface area contributed by atoms with Crippen molar-refractivity contribution in [3.63, 3.8) is 0 Å². The van der Waals surface area contributed by atoms with Crippen molar-refractivity contribution in [2.24, 2.45) is 0 Å². The molecule has 0 atom stereocenters. The molecular formula is C20H18ClN3O2. The van der Waals surface area contributed by atoms with E-state index in [-0.39, 0.29) is 5.91 Å². The van der Waals surface area contributed by atoms with Gasteiger partial charge in [-0.2, -0.15) is 0 Å². The van der Waals surface area contributed by atoms with Gasteiger partial charge in [-0.05, 0) is 42.8 Å². The number of carbonyl (C=O) groups is 1. The Balaban J connectivity index is 1.80. The van der Waals surface area contributed by atoms with Gasteiger partial charge in [0.15, 0.2) is 0 Å². The van der Waals surface area contributed by atoms with E-state index in [9.17, 15) is 4.79 Å². The number of ether oxygens (including phenoxy) is 1. The molecule has 0 aliphatic rings. The van der Waals surface area contributed by atoms with Crippen LogP contribution in [-0.2, 0) is 0 Å². The van der Waals surface area contributed by atoms with E-state index in [1.54, 1.807) is 31.5 Å². The Morgan fingerprint density at radius 2 is 1.85 bits per heavy atom. The van der Waals surface area contributed by atoms with Gasteiger partial charge >= 0.3 is 0 Å². The van der Waals surface area contributed by atoms with E-state index in [0.29, 0.717) is 27.7 Å². The van der Waals surface area contributed by atoms with Crippen LogP contribution < -0.4 is 15.4 Å². The molecule has 132 valence electrons. The number of benzene rings is 2. The van der Waals surface area contributed by atoms with Crippen LogP contribution in [0.5, 0.6) is 5.75 Å². The molecular weight excluding hydrogens is 350 g/mol. The van der Waals surface area contributed by atoms with Crippen LogP contribution in [0.2, 0.25) is 5.02 Å². The lowest BCUT2D eigenvalue weighted by Crippen LogP contribution is -2.13. The fraction of sp³-hybridized carbons (Fsp3) is 0.100. The number of para-hydroxylation sites is 2. The van der Waals surface area contributed by atoms with Crippen LogP contribution in [0, 0.1) is 6.92 Å². The van der Waals surface area contributed by atoms with Gasteiger partial charge in [-0.3, -0.25) is 9.78 Å². The number of aromatic nitrogens is 1. The molecule has 26 heavy (non-hydrogen) atoms.